The Balaban J connectivity index is 1.54. The number of amides is 2. The summed E-state index contributed by atoms with van der Waals surface area (Å²) in [6.07, 6.45) is -0.506. The summed E-state index contributed by atoms with van der Waals surface area (Å²) >= 11 is 1.26. The molecule has 2 unspecified atom stereocenters. The lowest BCUT2D eigenvalue weighted by molar-refractivity contribution is -0.115. The van der Waals surface area contributed by atoms with Crippen LogP contribution in [0, 0.1) is 5.82 Å². The molecule has 0 radical (unpaired) electrons. The predicted octanol–water partition coefficient (Wildman–Crippen LogP) is 5.62. The number of carbonyl (C=O) groups is 2. The minimum Gasteiger partial charge on any atom is -0.483 e. The van der Waals surface area contributed by atoms with Crippen molar-refractivity contribution in [3.63, 3.8) is 0 Å². The van der Waals surface area contributed by atoms with E-state index in [0.29, 0.717) is 28.1 Å². The largest absolute Gasteiger partial charge is 0.483 e. The van der Waals surface area contributed by atoms with Gasteiger partial charge >= 0.3 is 0 Å². The fourth-order valence-corrected chi connectivity index (χ4v) is 4.42. The third-order valence-electron chi connectivity index (χ3n) is 5.26. The van der Waals surface area contributed by atoms with E-state index in [0.717, 1.165) is 5.69 Å². The molecule has 0 aliphatic heterocycles. The van der Waals surface area contributed by atoms with Crippen LogP contribution in [0.25, 0.3) is 5.69 Å². The van der Waals surface area contributed by atoms with Gasteiger partial charge in [0.25, 0.3) is 0 Å². The number of carbonyl (C=O) groups excluding carboxylic acids is 2. The maximum atomic E-state index is 13.3. The molecule has 0 aliphatic carbocycles. The second kappa shape index (κ2) is 11.7. The summed E-state index contributed by atoms with van der Waals surface area (Å²) < 4.78 is 21.1. The topological polar surface area (TPSA) is 98.1 Å². The van der Waals surface area contributed by atoms with E-state index in [-0.39, 0.29) is 17.6 Å². The van der Waals surface area contributed by atoms with Crippen molar-refractivity contribution in [1.29, 1.82) is 0 Å². The van der Waals surface area contributed by atoms with Gasteiger partial charge in [-0.2, -0.15) is 0 Å². The quantitative estimate of drug-likeness (QED) is 0.278. The van der Waals surface area contributed by atoms with Crippen LogP contribution in [0.2, 0.25) is 0 Å². The van der Waals surface area contributed by atoms with Crippen LogP contribution in [0.1, 0.15) is 32.7 Å². The minimum absolute atomic E-state index is 0.193. The van der Waals surface area contributed by atoms with Gasteiger partial charge in [0.2, 0.25) is 11.8 Å². The lowest BCUT2D eigenvalue weighted by Crippen LogP contribution is -2.23. The summed E-state index contributed by atoms with van der Waals surface area (Å²) in [5.41, 5.74) is 1.97. The summed E-state index contributed by atoms with van der Waals surface area (Å²) in [5, 5.41) is 14.3. The van der Waals surface area contributed by atoms with Crippen LogP contribution < -0.4 is 15.4 Å². The van der Waals surface area contributed by atoms with E-state index in [4.69, 9.17) is 4.74 Å². The SMILES string of the molecule is CC(=O)Nc1cccc(NC(=O)C(C)Sc2nnc(C(C)Oc3ccc(F)cc3)n2-c2ccccc2)c1. The number of nitrogens with one attached hydrogen (secondary N) is 2. The van der Waals surface area contributed by atoms with Gasteiger partial charge in [0.05, 0.1) is 5.25 Å². The number of ether oxygens (including phenoxy) is 1. The highest BCUT2D eigenvalue weighted by atomic mass is 32.2. The van der Waals surface area contributed by atoms with E-state index in [2.05, 4.69) is 20.8 Å². The van der Waals surface area contributed by atoms with E-state index in [1.807, 2.05) is 41.8 Å². The van der Waals surface area contributed by atoms with Gasteiger partial charge in [-0.3, -0.25) is 14.2 Å². The Labute approximate surface area is 218 Å². The molecule has 3 aromatic carbocycles. The first-order chi connectivity index (χ1) is 17.8. The van der Waals surface area contributed by atoms with E-state index < -0.39 is 11.4 Å². The van der Waals surface area contributed by atoms with Gasteiger partial charge in [0.15, 0.2) is 17.1 Å². The van der Waals surface area contributed by atoms with Gasteiger partial charge in [-0.25, -0.2) is 4.39 Å². The number of halogens is 1. The zero-order valence-electron chi connectivity index (χ0n) is 20.5. The average Bonchev–Trinajstić information content (AvgIpc) is 3.29. The number of anilines is 2. The molecule has 190 valence electrons. The summed E-state index contributed by atoms with van der Waals surface area (Å²) in [6.45, 7) is 5.03. The summed E-state index contributed by atoms with van der Waals surface area (Å²) in [6, 6.07) is 22.2. The van der Waals surface area contributed by atoms with Crippen molar-refractivity contribution in [3.8, 4) is 11.4 Å². The Morgan fingerprint density at radius 3 is 2.27 bits per heavy atom. The van der Waals surface area contributed by atoms with Crippen LogP contribution in [-0.2, 0) is 9.59 Å². The molecule has 4 aromatic rings. The summed E-state index contributed by atoms with van der Waals surface area (Å²) in [7, 11) is 0. The van der Waals surface area contributed by atoms with Crippen molar-refractivity contribution in [1.82, 2.24) is 14.8 Å². The molecular weight excluding hydrogens is 493 g/mol. The number of thioether (sulfide) groups is 1. The van der Waals surface area contributed by atoms with Crippen molar-refractivity contribution < 1.29 is 18.7 Å². The highest BCUT2D eigenvalue weighted by molar-refractivity contribution is 8.00. The molecule has 1 heterocycles. The van der Waals surface area contributed by atoms with Gasteiger partial charge in [-0.1, -0.05) is 36.0 Å². The van der Waals surface area contributed by atoms with Gasteiger partial charge in [-0.05, 0) is 68.4 Å². The maximum Gasteiger partial charge on any atom is 0.237 e. The van der Waals surface area contributed by atoms with Gasteiger partial charge < -0.3 is 15.4 Å². The second-order valence-electron chi connectivity index (χ2n) is 8.24. The maximum absolute atomic E-state index is 13.3. The van der Waals surface area contributed by atoms with E-state index in [1.165, 1.54) is 30.8 Å². The van der Waals surface area contributed by atoms with Crippen molar-refractivity contribution >= 4 is 35.0 Å². The molecule has 37 heavy (non-hydrogen) atoms. The average molecular weight is 520 g/mol. The number of hydrogen-bond acceptors (Lipinski definition) is 6. The molecule has 4 rings (SSSR count). The first-order valence-electron chi connectivity index (χ1n) is 11.6. The Hall–Kier alpha value is -4.18. The van der Waals surface area contributed by atoms with Gasteiger partial charge in [0, 0.05) is 24.0 Å². The van der Waals surface area contributed by atoms with E-state index in [9.17, 15) is 14.0 Å². The monoisotopic (exact) mass is 519 g/mol. The third kappa shape index (κ3) is 6.73. The predicted molar refractivity (Wildman–Crippen MR) is 141 cm³/mol. The van der Waals surface area contributed by atoms with Crippen molar-refractivity contribution in [2.75, 3.05) is 10.6 Å². The van der Waals surface area contributed by atoms with Crippen LogP contribution in [0.5, 0.6) is 5.75 Å². The second-order valence-corrected chi connectivity index (χ2v) is 9.55. The molecule has 1 aromatic heterocycles. The van der Waals surface area contributed by atoms with Crippen molar-refractivity contribution in [2.45, 2.75) is 37.3 Å². The normalized spacial score (nSPS) is 12.4. The van der Waals surface area contributed by atoms with E-state index >= 15 is 0 Å². The minimum atomic E-state index is -0.516. The molecule has 0 fully saturated rings. The first kappa shape index (κ1) is 25.9. The molecule has 8 nitrogen and oxygen atoms in total. The molecule has 0 spiro atoms. The Morgan fingerprint density at radius 1 is 0.919 bits per heavy atom. The molecule has 10 heteroatoms. The number of nitrogens with zero attached hydrogens (tertiary/aromatic N) is 3. The van der Waals surface area contributed by atoms with Crippen LogP contribution in [0.3, 0.4) is 0 Å². The van der Waals surface area contributed by atoms with Crippen LogP contribution >= 0.6 is 11.8 Å². The number of benzene rings is 3. The highest BCUT2D eigenvalue weighted by Gasteiger charge is 2.24. The number of hydrogen-bond donors (Lipinski definition) is 2. The Morgan fingerprint density at radius 2 is 1.59 bits per heavy atom. The smallest absolute Gasteiger partial charge is 0.237 e. The molecule has 2 atom stereocenters. The molecule has 0 saturated heterocycles. The molecule has 2 amide bonds. The fourth-order valence-electron chi connectivity index (χ4n) is 3.54. The Kier molecular flexibility index (Phi) is 8.19. The van der Waals surface area contributed by atoms with Gasteiger partial charge in [-0.15, -0.1) is 10.2 Å². The molecule has 0 bridgehead atoms. The zero-order valence-corrected chi connectivity index (χ0v) is 21.3. The highest BCUT2D eigenvalue weighted by Crippen LogP contribution is 2.30. The van der Waals surface area contributed by atoms with Crippen molar-refractivity contribution in [2.24, 2.45) is 0 Å². The molecule has 0 aliphatic rings. The Bertz CT molecular complexity index is 1380. The first-order valence-corrected chi connectivity index (χ1v) is 12.5. The fraction of sp³-hybridized carbons (Fsp3) is 0.185. The lowest BCUT2D eigenvalue weighted by Gasteiger charge is -2.17. The summed E-state index contributed by atoms with van der Waals surface area (Å²) in [5.74, 6) is 0.264. The lowest BCUT2D eigenvalue weighted by atomic mass is 10.2. The zero-order chi connectivity index (χ0) is 26.4. The third-order valence-corrected chi connectivity index (χ3v) is 6.31. The standard InChI is InChI=1S/C27H26FN5O3S/c1-17(36-24-14-12-20(28)13-15-24)25-31-32-27(33(25)23-10-5-4-6-11-23)37-18(2)26(35)30-22-9-7-8-21(16-22)29-19(3)34/h4-18H,1-3H3,(H,29,34)(H,30,35). The number of para-hydroxylation sites is 1. The van der Waals surface area contributed by atoms with Crippen molar-refractivity contribution in [3.05, 3.63) is 90.5 Å². The number of aromatic nitrogens is 3. The van der Waals surface area contributed by atoms with Gasteiger partial charge in [0.1, 0.15) is 11.6 Å². The van der Waals surface area contributed by atoms with Crippen LogP contribution in [0.4, 0.5) is 15.8 Å². The van der Waals surface area contributed by atoms with Crippen LogP contribution in [-0.4, -0.2) is 31.8 Å². The number of rotatable bonds is 9. The van der Waals surface area contributed by atoms with Crippen LogP contribution in [0.15, 0.2) is 84.0 Å². The molecule has 0 saturated carbocycles. The van der Waals surface area contributed by atoms with E-state index in [1.54, 1.807) is 43.3 Å². The molecule has 2 N–H and O–H groups in total. The summed E-state index contributed by atoms with van der Waals surface area (Å²) in [4.78, 5) is 24.3. The molecular formula is C27H26FN5O3S.